The molecule has 3 nitrogen and oxygen atoms in total. The first-order chi connectivity index (χ1) is 9.42. The Labute approximate surface area is 111 Å². The van der Waals surface area contributed by atoms with Gasteiger partial charge in [0.2, 0.25) is 0 Å². The summed E-state index contributed by atoms with van der Waals surface area (Å²) in [5.41, 5.74) is 3.16. The quantitative estimate of drug-likeness (QED) is 0.658. The minimum absolute atomic E-state index is 0.520. The van der Waals surface area contributed by atoms with Gasteiger partial charge in [0, 0.05) is 11.8 Å². The van der Waals surface area contributed by atoms with Crippen LogP contribution < -0.4 is 4.74 Å². The van der Waals surface area contributed by atoms with Gasteiger partial charge in [-0.05, 0) is 12.1 Å². The molecule has 0 bridgehead atoms. The van der Waals surface area contributed by atoms with E-state index in [1.165, 1.54) is 0 Å². The Morgan fingerprint density at radius 3 is 2.63 bits per heavy atom. The molecule has 0 saturated heterocycles. The van der Waals surface area contributed by atoms with E-state index in [0.717, 1.165) is 28.4 Å². The molecule has 0 fully saturated rings. The van der Waals surface area contributed by atoms with E-state index < -0.39 is 0 Å². The lowest BCUT2D eigenvalue weighted by atomic mass is 10.1. The Morgan fingerprint density at radius 1 is 0.947 bits per heavy atom. The van der Waals surface area contributed by atoms with E-state index in [9.17, 15) is 0 Å². The fourth-order valence-electron chi connectivity index (χ4n) is 2.39. The lowest BCUT2D eigenvalue weighted by molar-refractivity contribution is 0.230. The van der Waals surface area contributed by atoms with Crippen molar-refractivity contribution in [1.29, 1.82) is 0 Å². The summed E-state index contributed by atoms with van der Waals surface area (Å²) < 4.78 is 7.77. The average Bonchev–Trinajstić information content (AvgIpc) is 2.93. The minimum Gasteiger partial charge on any atom is -0.472 e. The average molecular weight is 248 g/mol. The van der Waals surface area contributed by atoms with Crippen molar-refractivity contribution in [2.24, 2.45) is 0 Å². The lowest BCUT2D eigenvalue weighted by Crippen LogP contribution is -2.11. The summed E-state index contributed by atoms with van der Waals surface area (Å²) in [7, 11) is 0. The van der Waals surface area contributed by atoms with Gasteiger partial charge < -0.3 is 4.74 Å². The number of hydrogen-bond donors (Lipinski definition) is 0. The Hall–Kier alpha value is -2.55. The van der Waals surface area contributed by atoms with Crippen molar-refractivity contribution in [2.75, 3.05) is 0 Å². The fourth-order valence-corrected chi connectivity index (χ4v) is 2.39. The molecule has 2 aromatic carbocycles. The fraction of sp³-hybridized carbons (Fsp3) is 0.0625. The van der Waals surface area contributed by atoms with Crippen LogP contribution in [0, 0.1) is 0 Å². The normalized spacial score (nSPS) is 12.4. The molecular weight excluding hydrogens is 236 g/mol. The molecule has 0 saturated carbocycles. The predicted octanol–water partition coefficient (Wildman–Crippen LogP) is 3.57. The molecule has 0 N–H and O–H groups in total. The van der Waals surface area contributed by atoms with E-state index in [2.05, 4.69) is 12.1 Å². The van der Waals surface area contributed by atoms with Gasteiger partial charge in [-0.2, -0.15) is 0 Å². The van der Waals surface area contributed by atoms with E-state index in [1.807, 2.05) is 53.2 Å². The molecule has 0 aliphatic carbocycles. The monoisotopic (exact) mass is 248 g/mol. The third-order valence-electron chi connectivity index (χ3n) is 3.33. The van der Waals surface area contributed by atoms with Gasteiger partial charge in [0.25, 0.3) is 0 Å². The third-order valence-corrected chi connectivity index (χ3v) is 3.33. The Kier molecular flexibility index (Phi) is 2.18. The number of imidazole rings is 1. The highest BCUT2D eigenvalue weighted by Gasteiger charge is 2.19. The molecule has 1 aliphatic heterocycles. The highest BCUT2D eigenvalue weighted by Crippen LogP contribution is 2.34. The molecule has 0 radical (unpaired) electrons. The van der Waals surface area contributed by atoms with Crippen LogP contribution in [0.3, 0.4) is 0 Å². The molecule has 3 aromatic rings. The second-order valence-electron chi connectivity index (χ2n) is 4.56. The molecule has 1 aromatic heterocycles. The van der Waals surface area contributed by atoms with Crippen LogP contribution in [0.25, 0.3) is 22.6 Å². The van der Waals surface area contributed by atoms with Gasteiger partial charge in [0.15, 0.2) is 6.73 Å². The summed E-state index contributed by atoms with van der Waals surface area (Å²) in [6.45, 7) is 0.520. The van der Waals surface area contributed by atoms with Gasteiger partial charge in [-0.25, -0.2) is 4.98 Å². The smallest absolute Gasteiger partial charge is 0.166 e. The second kappa shape index (κ2) is 3.99. The van der Waals surface area contributed by atoms with Crippen LogP contribution in [0.1, 0.15) is 0 Å². The first kappa shape index (κ1) is 10.4. The lowest BCUT2D eigenvalue weighted by Gasteiger charge is -2.18. The summed E-state index contributed by atoms with van der Waals surface area (Å²) in [5, 5.41) is 0. The second-order valence-corrected chi connectivity index (χ2v) is 4.56. The highest BCUT2D eigenvalue weighted by atomic mass is 16.5. The molecule has 0 spiro atoms. The number of para-hydroxylation sites is 1. The van der Waals surface area contributed by atoms with E-state index in [-0.39, 0.29) is 0 Å². The van der Waals surface area contributed by atoms with Crippen molar-refractivity contribution in [3.63, 3.8) is 0 Å². The van der Waals surface area contributed by atoms with E-state index in [1.54, 1.807) is 0 Å². The molecule has 3 heteroatoms. The first-order valence-corrected chi connectivity index (χ1v) is 6.26. The number of ether oxygens (including phenoxy) is 1. The maximum Gasteiger partial charge on any atom is 0.166 e. The number of nitrogens with zero attached hydrogens (tertiary/aromatic N) is 2. The largest absolute Gasteiger partial charge is 0.472 e. The maximum absolute atomic E-state index is 5.72. The molecule has 19 heavy (non-hydrogen) atoms. The molecule has 0 unspecified atom stereocenters. The molecular formula is C16H12N2O. The van der Waals surface area contributed by atoms with Crippen molar-refractivity contribution in [1.82, 2.24) is 9.55 Å². The number of rotatable bonds is 1. The number of aromatic nitrogens is 2. The van der Waals surface area contributed by atoms with Crippen LogP contribution in [-0.2, 0) is 6.73 Å². The number of hydrogen-bond acceptors (Lipinski definition) is 2. The zero-order chi connectivity index (χ0) is 12.7. The Bertz CT molecular complexity index is 732. The van der Waals surface area contributed by atoms with Crippen molar-refractivity contribution in [3.05, 3.63) is 60.8 Å². The van der Waals surface area contributed by atoms with Gasteiger partial charge in [-0.3, -0.25) is 4.57 Å². The van der Waals surface area contributed by atoms with Crippen molar-refractivity contribution in [2.45, 2.75) is 6.73 Å². The predicted molar refractivity (Wildman–Crippen MR) is 73.7 cm³/mol. The van der Waals surface area contributed by atoms with E-state index in [4.69, 9.17) is 9.72 Å². The first-order valence-electron chi connectivity index (χ1n) is 6.26. The zero-order valence-electron chi connectivity index (χ0n) is 10.3. The van der Waals surface area contributed by atoms with Crippen LogP contribution in [0.5, 0.6) is 5.75 Å². The third kappa shape index (κ3) is 1.63. The van der Waals surface area contributed by atoms with Gasteiger partial charge in [0.05, 0.1) is 11.3 Å². The molecule has 2 heterocycles. The van der Waals surface area contributed by atoms with Crippen LogP contribution in [-0.4, -0.2) is 9.55 Å². The van der Waals surface area contributed by atoms with Gasteiger partial charge in [0.1, 0.15) is 11.6 Å². The Morgan fingerprint density at radius 2 is 1.74 bits per heavy atom. The molecule has 92 valence electrons. The maximum atomic E-state index is 5.72. The van der Waals surface area contributed by atoms with Crippen molar-refractivity contribution < 1.29 is 4.74 Å². The van der Waals surface area contributed by atoms with Crippen molar-refractivity contribution in [3.8, 4) is 28.4 Å². The van der Waals surface area contributed by atoms with E-state index in [0.29, 0.717) is 6.73 Å². The molecule has 0 amide bonds. The summed E-state index contributed by atoms with van der Waals surface area (Å²) >= 11 is 0. The molecule has 4 rings (SSSR count). The number of fused-ring (bicyclic) bond motifs is 3. The van der Waals surface area contributed by atoms with Crippen LogP contribution in [0.2, 0.25) is 0 Å². The summed E-state index contributed by atoms with van der Waals surface area (Å²) in [4.78, 5) is 4.75. The molecule has 0 atom stereocenters. The number of benzene rings is 2. The van der Waals surface area contributed by atoms with Gasteiger partial charge in [-0.15, -0.1) is 0 Å². The van der Waals surface area contributed by atoms with Gasteiger partial charge in [-0.1, -0.05) is 42.5 Å². The van der Waals surface area contributed by atoms with Crippen LogP contribution >= 0.6 is 0 Å². The van der Waals surface area contributed by atoms with Gasteiger partial charge >= 0.3 is 0 Å². The molecule has 1 aliphatic rings. The summed E-state index contributed by atoms with van der Waals surface area (Å²) in [6.07, 6.45) is 2.04. The minimum atomic E-state index is 0.520. The Balaban J connectivity index is 1.88. The van der Waals surface area contributed by atoms with Crippen molar-refractivity contribution >= 4 is 0 Å². The van der Waals surface area contributed by atoms with E-state index >= 15 is 0 Å². The summed E-state index contributed by atoms with van der Waals surface area (Å²) in [6, 6.07) is 18.2. The van der Waals surface area contributed by atoms with Crippen LogP contribution in [0.4, 0.5) is 0 Å². The standard InChI is InChI=1S/C16H12N2O/c1-2-6-12(7-3-1)14-10-18-11-19-15-9-5-4-8-13(15)16(18)17-14/h1-10H,11H2. The summed E-state index contributed by atoms with van der Waals surface area (Å²) in [5.74, 6) is 1.88. The topological polar surface area (TPSA) is 27.1 Å². The van der Waals surface area contributed by atoms with Crippen LogP contribution in [0.15, 0.2) is 60.8 Å². The SMILES string of the molecule is c1ccc(-c2cn3c(n2)-c2ccccc2OC3)cc1. The highest BCUT2D eigenvalue weighted by molar-refractivity contribution is 5.70. The zero-order valence-corrected chi connectivity index (χ0v) is 10.3.